The maximum atomic E-state index is 15.2. The van der Waals surface area contributed by atoms with Crippen LogP contribution in [0.5, 0.6) is 0 Å². The predicted octanol–water partition coefficient (Wildman–Crippen LogP) is 3.99. The summed E-state index contributed by atoms with van der Waals surface area (Å²) in [5.41, 5.74) is -0.413. The van der Waals surface area contributed by atoms with Crippen molar-refractivity contribution >= 4 is 12.7 Å². The van der Waals surface area contributed by atoms with E-state index in [4.69, 9.17) is 14.0 Å². The fourth-order valence-electron chi connectivity index (χ4n) is 2.37. The highest BCUT2D eigenvalue weighted by atomic mass is 19.1. The van der Waals surface area contributed by atoms with Crippen LogP contribution in [0.3, 0.4) is 0 Å². The van der Waals surface area contributed by atoms with Crippen molar-refractivity contribution in [1.29, 1.82) is 0 Å². The summed E-state index contributed by atoms with van der Waals surface area (Å²) in [6, 6.07) is 3.60. The molecule has 1 aromatic heterocycles. The van der Waals surface area contributed by atoms with Crippen LogP contribution in [0.4, 0.5) is 4.39 Å². The molecule has 1 aliphatic rings. The number of hydrogen-bond acceptors (Lipinski definition) is 4. The second-order valence-corrected chi connectivity index (χ2v) is 6.77. The molecular formula is C18H25BFNO3. The van der Waals surface area contributed by atoms with Gasteiger partial charge in [0.2, 0.25) is 0 Å². The summed E-state index contributed by atoms with van der Waals surface area (Å²) in [6.45, 7) is 12.0. The van der Waals surface area contributed by atoms with Crippen LogP contribution in [0.1, 0.15) is 39.7 Å². The largest absolute Gasteiger partial charge is 0.525 e. The maximum Gasteiger partial charge on any atom is 0.525 e. The van der Waals surface area contributed by atoms with Crippen LogP contribution in [-0.4, -0.2) is 36.5 Å². The molecule has 0 bridgehead atoms. The zero-order valence-electron chi connectivity index (χ0n) is 14.8. The molecule has 1 aliphatic heterocycles. The van der Waals surface area contributed by atoms with Crippen molar-refractivity contribution in [2.75, 3.05) is 13.2 Å². The van der Waals surface area contributed by atoms with Crippen molar-refractivity contribution in [2.24, 2.45) is 0 Å². The Labute approximate surface area is 143 Å². The Kier molecular flexibility index (Phi) is 5.96. The highest BCUT2D eigenvalue weighted by molar-refractivity contribution is 6.55. The van der Waals surface area contributed by atoms with E-state index in [1.807, 2.05) is 33.8 Å². The van der Waals surface area contributed by atoms with Crippen molar-refractivity contribution < 1.29 is 18.4 Å². The van der Waals surface area contributed by atoms with Crippen LogP contribution >= 0.6 is 0 Å². The minimum Gasteiger partial charge on any atom is -0.398 e. The molecule has 0 spiro atoms. The molecule has 4 nitrogen and oxygen atoms in total. The molecule has 0 amide bonds. The number of aromatic nitrogens is 1. The third kappa shape index (κ3) is 4.12. The lowest BCUT2D eigenvalue weighted by Crippen LogP contribution is -2.41. The molecule has 0 aliphatic carbocycles. The average molecular weight is 333 g/mol. The standard InChI is InChI=1S/C18H25BFNO3/c1-6-11-22-12-9-15(14-8-7-10-21-13-14)16(20)19-23-17(2,3)18(4,5)24-19/h6-8,10,13H,1,9,11-12H2,2-5H3. The molecule has 6 heteroatoms. The molecule has 0 atom stereocenters. The maximum absolute atomic E-state index is 15.2. The summed E-state index contributed by atoms with van der Waals surface area (Å²) < 4.78 is 32.2. The summed E-state index contributed by atoms with van der Waals surface area (Å²) in [6.07, 6.45) is 5.35. The molecule has 2 heterocycles. The summed E-state index contributed by atoms with van der Waals surface area (Å²) in [5, 5.41) is 0. The first-order valence-corrected chi connectivity index (χ1v) is 8.12. The van der Waals surface area contributed by atoms with E-state index in [9.17, 15) is 0 Å². The van der Waals surface area contributed by atoms with Gasteiger partial charge >= 0.3 is 7.12 Å². The van der Waals surface area contributed by atoms with Crippen molar-refractivity contribution in [1.82, 2.24) is 4.98 Å². The molecule has 24 heavy (non-hydrogen) atoms. The third-order valence-corrected chi connectivity index (χ3v) is 4.49. The van der Waals surface area contributed by atoms with E-state index in [0.29, 0.717) is 30.8 Å². The molecule has 130 valence electrons. The first kappa shape index (κ1) is 18.8. The molecule has 1 fully saturated rings. The number of ether oxygens (including phenoxy) is 1. The van der Waals surface area contributed by atoms with Crippen LogP contribution in [0.15, 0.2) is 42.9 Å². The molecule has 0 unspecified atom stereocenters. The Hall–Kier alpha value is -1.50. The Bertz CT molecular complexity index is 586. The highest BCUT2D eigenvalue weighted by Crippen LogP contribution is 2.40. The zero-order chi connectivity index (χ0) is 17.8. The van der Waals surface area contributed by atoms with Crippen LogP contribution in [-0.2, 0) is 14.0 Å². The van der Waals surface area contributed by atoms with Crippen molar-refractivity contribution in [3.8, 4) is 0 Å². The Balaban J connectivity index is 2.27. The lowest BCUT2D eigenvalue weighted by Gasteiger charge is -2.32. The molecular weight excluding hydrogens is 308 g/mol. The van der Waals surface area contributed by atoms with Crippen LogP contribution in [0.2, 0.25) is 0 Å². The Morgan fingerprint density at radius 3 is 2.54 bits per heavy atom. The topological polar surface area (TPSA) is 40.6 Å². The summed E-state index contributed by atoms with van der Waals surface area (Å²) in [5.74, 6) is 0. The van der Waals surface area contributed by atoms with Gasteiger partial charge in [0, 0.05) is 12.4 Å². The average Bonchev–Trinajstić information content (AvgIpc) is 2.76. The fraction of sp³-hybridized carbons (Fsp3) is 0.500. The lowest BCUT2D eigenvalue weighted by molar-refractivity contribution is 0.00578. The van der Waals surface area contributed by atoms with E-state index in [1.54, 1.807) is 24.5 Å². The lowest BCUT2D eigenvalue weighted by atomic mass is 9.82. The normalized spacial score (nSPS) is 20.0. The van der Waals surface area contributed by atoms with Gasteiger partial charge in [0.15, 0.2) is 0 Å². The summed E-state index contributed by atoms with van der Waals surface area (Å²) >= 11 is 0. The molecule has 1 aromatic rings. The number of pyridine rings is 1. The third-order valence-electron chi connectivity index (χ3n) is 4.49. The van der Waals surface area contributed by atoms with Gasteiger partial charge in [-0.1, -0.05) is 12.1 Å². The van der Waals surface area contributed by atoms with Gasteiger partial charge in [-0.15, -0.1) is 6.58 Å². The van der Waals surface area contributed by atoms with E-state index in [2.05, 4.69) is 11.6 Å². The van der Waals surface area contributed by atoms with E-state index < -0.39 is 24.0 Å². The van der Waals surface area contributed by atoms with Crippen LogP contribution in [0, 0.1) is 0 Å². The molecule has 0 aromatic carbocycles. The van der Waals surface area contributed by atoms with Crippen LogP contribution < -0.4 is 0 Å². The second-order valence-electron chi connectivity index (χ2n) is 6.77. The van der Waals surface area contributed by atoms with Gasteiger partial charge in [-0.05, 0) is 51.3 Å². The van der Waals surface area contributed by atoms with Gasteiger partial charge in [0.1, 0.15) is 5.73 Å². The SMILES string of the molecule is C=CCOCCC(=C(F)B1OC(C)(C)C(C)(C)O1)c1cccnc1. The quantitative estimate of drug-likeness (QED) is 0.430. The first-order valence-electron chi connectivity index (χ1n) is 8.12. The Morgan fingerprint density at radius 1 is 1.33 bits per heavy atom. The first-order chi connectivity index (χ1) is 11.3. The smallest absolute Gasteiger partial charge is 0.398 e. The van der Waals surface area contributed by atoms with Crippen molar-refractivity contribution in [3.63, 3.8) is 0 Å². The van der Waals surface area contributed by atoms with Gasteiger partial charge in [-0.2, -0.15) is 0 Å². The van der Waals surface area contributed by atoms with Gasteiger partial charge in [-0.25, -0.2) is 4.39 Å². The fourth-order valence-corrected chi connectivity index (χ4v) is 2.37. The molecule has 0 radical (unpaired) electrons. The van der Waals surface area contributed by atoms with E-state index in [-0.39, 0.29) is 0 Å². The number of halogens is 1. The molecule has 0 N–H and O–H groups in total. The van der Waals surface area contributed by atoms with Gasteiger partial charge in [-0.3, -0.25) is 4.98 Å². The van der Waals surface area contributed by atoms with Crippen molar-refractivity contribution in [2.45, 2.75) is 45.3 Å². The predicted molar refractivity (Wildman–Crippen MR) is 94.0 cm³/mol. The summed E-state index contributed by atoms with van der Waals surface area (Å²) in [7, 11) is -1.02. The number of rotatable bonds is 7. The number of nitrogens with zero attached hydrogens (tertiary/aromatic N) is 1. The van der Waals surface area contributed by atoms with Crippen LogP contribution in [0.25, 0.3) is 5.57 Å². The minimum absolute atomic E-state index is 0.378. The van der Waals surface area contributed by atoms with Gasteiger partial charge < -0.3 is 14.0 Å². The van der Waals surface area contributed by atoms with Crippen molar-refractivity contribution in [3.05, 3.63) is 48.5 Å². The molecule has 2 rings (SSSR count). The van der Waals surface area contributed by atoms with E-state index in [0.717, 1.165) is 0 Å². The monoisotopic (exact) mass is 333 g/mol. The van der Waals surface area contributed by atoms with E-state index >= 15 is 4.39 Å². The number of hydrogen-bond donors (Lipinski definition) is 0. The van der Waals surface area contributed by atoms with E-state index in [1.165, 1.54) is 0 Å². The summed E-state index contributed by atoms with van der Waals surface area (Å²) in [4.78, 5) is 4.08. The second kappa shape index (κ2) is 7.59. The van der Waals surface area contributed by atoms with Gasteiger partial charge in [0.25, 0.3) is 0 Å². The highest BCUT2D eigenvalue weighted by Gasteiger charge is 2.53. The zero-order valence-corrected chi connectivity index (χ0v) is 14.8. The Morgan fingerprint density at radius 2 is 2.00 bits per heavy atom. The molecule has 0 saturated carbocycles. The van der Waals surface area contributed by atoms with Gasteiger partial charge in [0.05, 0.1) is 24.4 Å². The molecule has 1 saturated heterocycles. The minimum atomic E-state index is -1.02.